The summed E-state index contributed by atoms with van der Waals surface area (Å²) in [5, 5.41) is 11.0. The Balaban J connectivity index is 3.01. The Kier molecular flexibility index (Phi) is 1.86. The maximum atomic E-state index is 9.01. The van der Waals surface area contributed by atoms with Gasteiger partial charge in [-0.2, -0.15) is 5.26 Å². The average Bonchev–Trinajstić information content (AvgIpc) is 2.19. The molecule has 0 saturated heterocycles. The number of aryl methyl sites for hydroxylation is 1. The van der Waals surface area contributed by atoms with Crippen molar-refractivity contribution in [2.45, 2.75) is 6.92 Å². The molecule has 2 nitrogen and oxygen atoms in total. The van der Waals surface area contributed by atoms with Crippen molar-refractivity contribution in [3.63, 3.8) is 0 Å². The SMILES string of the molecule is Cc1cccc2ccc(N)c(C#N)c12. The molecule has 2 rings (SSSR count). The lowest BCUT2D eigenvalue weighted by atomic mass is 9.99. The maximum Gasteiger partial charge on any atom is 0.102 e. The summed E-state index contributed by atoms with van der Waals surface area (Å²) in [5.41, 5.74) is 7.97. The van der Waals surface area contributed by atoms with Gasteiger partial charge in [0.05, 0.1) is 11.3 Å². The summed E-state index contributed by atoms with van der Waals surface area (Å²) in [7, 11) is 0. The van der Waals surface area contributed by atoms with E-state index in [1.54, 1.807) is 6.07 Å². The molecule has 0 heterocycles. The molecule has 0 aliphatic heterocycles. The van der Waals surface area contributed by atoms with Crippen molar-refractivity contribution in [3.05, 3.63) is 41.5 Å². The molecule has 0 fully saturated rings. The fourth-order valence-electron chi connectivity index (χ4n) is 1.70. The van der Waals surface area contributed by atoms with Gasteiger partial charge in [-0.3, -0.25) is 0 Å². The molecule has 2 heteroatoms. The first-order valence-electron chi connectivity index (χ1n) is 4.42. The molecule has 0 aliphatic rings. The Morgan fingerprint density at radius 3 is 2.71 bits per heavy atom. The molecule has 14 heavy (non-hydrogen) atoms. The van der Waals surface area contributed by atoms with Crippen molar-refractivity contribution in [2.24, 2.45) is 0 Å². The molecule has 0 aromatic heterocycles. The largest absolute Gasteiger partial charge is 0.398 e. The van der Waals surface area contributed by atoms with E-state index in [-0.39, 0.29) is 0 Å². The molecule has 2 aromatic rings. The van der Waals surface area contributed by atoms with Gasteiger partial charge in [0.1, 0.15) is 6.07 Å². The fourth-order valence-corrected chi connectivity index (χ4v) is 1.70. The Labute approximate surface area is 82.6 Å². The summed E-state index contributed by atoms with van der Waals surface area (Å²) in [6.45, 7) is 1.99. The molecule has 0 amide bonds. The summed E-state index contributed by atoms with van der Waals surface area (Å²) in [4.78, 5) is 0. The molecular weight excluding hydrogens is 172 g/mol. The molecule has 0 atom stereocenters. The van der Waals surface area contributed by atoms with E-state index < -0.39 is 0 Å². The summed E-state index contributed by atoms with van der Waals surface area (Å²) >= 11 is 0. The van der Waals surface area contributed by atoms with Gasteiger partial charge in [-0.1, -0.05) is 24.3 Å². The topological polar surface area (TPSA) is 49.8 Å². The van der Waals surface area contributed by atoms with Gasteiger partial charge < -0.3 is 5.73 Å². The monoisotopic (exact) mass is 182 g/mol. The van der Waals surface area contributed by atoms with E-state index in [4.69, 9.17) is 11.0 Å². The van der Waals surface area contributed by atoms with Crippen molar-refractivity contribution in [1.29, 1.82) is 5.26 Å². The molecule has 68 valence electrons. The van der Waals surface area contributed by atoms with Gasteiger partial charge in [0.25, 0.3) is 0 Å². The molecule has 0 bridgehead atoms. The van der Waals surface area contributed by atoms with Crippen LogP contribution in [0.1, 0.15) is 11.1 Å². The Hall–Kier alpha value is -2.01. The first-order valence-corrected chi connectivity index (χ1v) is 4.42. The Morgan fingerprint density at radius 1 is 1.21 bits per heavy atom. The lowest BCUT2D eigenvalue weighted by Gasteiger charge is -2.05. The minimum atomic E-state index is 0.550. The number of hydrogen-bond acceptors (Lipinski definition) is 2. The van der Waals surface area contributed by atoms with Crippen LogP contribution in [0.3, 0.4) is 0 Å². The van der Waals surface area contributed by atoms with Crippen molar-refractivity contribution in [2.75, 3.05) is 5.73 Å². The molecular formula is C12H10N2. The third-order valence-electron chi connectivity index (χ3n) is 2.40. The van der Waals surface area contributed by atoms with E-state index in [2.05, 4.69) is 6.07 Å². The van der Waals surface area contributed by atoms with Crippen molar-refractivity contribution in [1.82, 2.24) is 0 Å². The van der Waals surface area contributed by atoms with Crippen LogP contribution >= 0.6 is 0 Å². The number of anilines is 1. The minimum Gasteiger partial charge on any atom is -0.398 e. The van der Waals surface area contributed by atoms with Crippen LogP contribution in [0.5, 0.6) is 0 Å². The molecule has 0 saturated carbocycles. The molecule has 0 radical (unpaired) electrons. The Bertz CT molecular complexity index is 536. The van der Waals surface area contributed by atoms with Crippen LogP contribution in [0.4, 0.5) is 5.69 Å². The number of nitrogens with zero attached hydrogens (tertiary/aromatic N) is 1. The van der Waals surface area contributed by atoms with Crippen molar-refractivity contribution in [3.8, 4) is 6.07 Å². The number of benzene rings is 2. The molecule has 0 spiro atoms. The van der Waals surface area contributed by atoms with Gasteiger partial charge in [0.15, 0.2) is 0 Å². The standard InChI is InChI=1S/C12H10N2/c1-8-3-2-4-9-5-6-11(14)10(7-13)12(8)9/h2-6H,14H2,1H3. The average molecular weight is 182 g/mol. The highest BCUT2D eigenvalue weighted by Crippen LogP contribution is 2.26. The maximum absolute atomic E-state index is 9.01. The molecule has 2 aromatic carbocycles. The summed E-state index contributed by atoms with van der Waals surface area (Å²) in [6.07, 6.45) is 0. The second kappa shape index (κ2) is 3.04. The molecule has 0 aliphatic carbocycles. The highest BCUT2D eigenvalue weighted by molar-refractivity contribution is 5.94. The van der Waals surface area contributed by atoms with Gasteiger partial charge in [0.2, 0.25) is 0 Å². The number of fused-ring (bicyclic) bond motifs is 1. The van der Waals surface area contributed by atoms with Crippen molar-refractivity contribution < 1.29 is 0 Å². The number of nitrogens with two attached hydrogens (primary N) is 1. The zero-order valence-corrected chi connectivity index (χ0v) is 7.91. The van der Waals surface area contributed by atoms with Gasteiger partial charge in [-0.25, -0.2) is 0 Å². The van der Waals surface area contributed by atoms with E-state index in [0.717, 1.165) is 16.3 Å². The zero-order chi connectivity index (χ0) is 10.1. The van der Waals surface area contributed by atoms with Crippen LogP contribution in [0.2, 0.25) is 0 Å². The lowest BCUT2D eigenvalue weighted by molar-refractivity contribution is 1.47. The van der Waals surface area contributed by atoms with E-state index in [0.29, 0.717) is 11.3 Å². The number of nitrogen functional groups attached to an aromatic ring is 1. The van der Waals surface area contributed by atoms with E-state index >= 15 is 0 Å². The van der Waals surface area contributed by atoms with Gasteiger partial charge in [-0.15, -0.1) is 0 Å². The highest BCUT2D eigenvalue weighted by atomic mass is 14.6. The Morgan fingerprint density at radius 2 is 2.00 bits per heavy atom. The number of rotatable bonds is 0. The second-order valence-electron chi connectivity index (χ2n) is 3.31. The predicted octanol–water partition coefficient (Wildman–Crippen LogP) is 2.60. The van der Waals surface area contributed by atoms with Crippen LogP contribution in [0.15, 0.2) is 30.3 Å². The summed E-state index contributed by atoms with van der Waals surface area (Å²) in [5.74, 6) is 0. The minimum absolute atomic E-state index is 0.550. The van der Waals surface area contributed by atoms with E-state index in [1.807, 2.05) is 31.2 Å². The van der Waals surface area contributed by atoms with Gasteiger partial charge >= 0.3 is 0 Å². The smallest absolute Gasteiger partial charge is 0.102 e. The van der Waals surface area contributed by atoms with Crippen LogP contribution in [-0.4, -0.2) is 0 Å². The van der Waals surface area contributed by atoms with Crippen LogP contribution in [0.25, 0.3) is 10.8 Å². The lowest BCUT2D eigenvalue weighted by Crippen LogP contribution is -1.92. The van der Waals surface area contributed by atoms with Crippen molar-refractivity contribution >= 4 is 16.5 Å². The van der Waals surface area contributed by atoms with E-state index in [1.165, 1.54) is 0 Å². The second-order valence-corrected chi connectivity index (χ2v) is 3.31. The normalized spacial score (nSPS) is 10.0. The van der Waals surface area contributed by atoms with Gasteiger partial charge in [0, 0.05) is 5.39 Å². The first kappa shape index (κ1) is 8.58. The summed E-state index contributed by atoms with van der Waals surface area (Å²) in [6, 6.07) is 11.8. The predicted molar refractivity (Wildman–Crippen MR) is 57.8 cm³/mol. The third-order valence-corrected chi connectivity index (χ3v) is 2.40. The first-order chi connectivity index (χ1) is 6.74. The molecule has 0 unspecified atom stereocenters. The van der Waals surface area contributed by atoms with Gasteiger partial charge in [-0.05, 0) is 23.9 Å². The zero-order valence-electron chi connectivity index (χ0n) is 7.91. The van der Waals surface area contributed by atoms with Crippen LogP contribution < -0.4 is 5.73 Å². The number of hydrogen-bond donors (Lipinski definition) is 1. The summed E-state index contributed by atoms with van der Waals surface area (Å²) < 4.78 is 0. The quantitative estimate of drug-likeness (QED) is 0.636. The van der Waals surface area contributed by atoms with Crippen LogP contribution in [0, 0.1) is 18.3 Å². The third kappa shape index (κ3) is 1.11. The number of nitriles is 1. The molecule has 2 N–H and O–H groups in total. The fraction of sp³-hybridized carbons (Fsp3) is 0.0833. The van der Waals surface area contributed by atoms with E-state index in [9.17, 15) is 0 Å². The highest BCUT2D eigenvalue weighted by Gasteiger charge is 2.06. The van der Waals surface area contributed by atoms with Crippen LogP contribution in [-0.2, 0) is 0 Å².